The Morgan fingerprint density at radius 3 is 2.90 bits per heavy atom. The van der Waals surface area contributed by atoms with Crippen molar-refractivity contribution in [3.05, 3.63) is 58.6 Å². The molecule has 0 spiro atoms. The molecule has 0 aliphatic carbocycles. The number of halogens is 1. The summed E-state index contributed by atoms with van der Waals surface area (Å²) in [4.78, 5) is 12.4. The summed E-state index contributed by atoms with van der Waals surface area (Å²) in [6.07, 6.45) is 1.31. The third kappa shape index (κ3) is 2.88. The molecule has 1 aliphatic rings. The van der Waals surface area contributed by atoms with Crippen LogP contribution in [0.2, 0.25) is 5.02 Å². The van der Waals surface area contributed by atoms with Crippen LogP contribution in [-0.4, -0.2) is 12.4 Å². The first-order valence-corrected chi connectivity index (χ1v) is 7.33. The first-order chi connectivity index (χ1) is 10.1. The Bertz CT molecular complexity index is 684. The highest BCUT2D eigenvalue weighted by Gasteiger charge is 2.24. The molecule has 1 heterocycles. The van der Waals surface area contributed by atoms with Gasteiger partial charge in [-0.2, -0.15) is 0 Å². The molecule has 0 saturated carbocycles. The number of hydrogen-bond donors (Lipinski definition) is 1. The van der Waals surface area contributed by atoms with Gasteiger partial charge in [-0.1, -0.05) is 29.8 Å². The molecule has 1 unspecified atom stereocenters. The Morgan fingerprint density at radius 2 is 2.10 bits per heavy atom. The van der Waals surface area contributed by atoms with Crippen LogP contribution in [0, 0.1) is 0 Å². The Hall–Kier alpha value is -2.00. The first kappa shape index (κ1) is 14.0. The summed E-state index contributed by atoms with van der Waals surface area (Å²) in [5, 5.41) is 0.424. The Labute approximate surface area is 128 Å². The number of anilines is 1. The number of nitrogens with two attached hydrogens (primary N) is 1. The Balaban J connectivity index is 1.81. The van der Waals surface area contributed by atoms with Gasteiger partial charge in [0.1, 0.15) is 5.75 Å². The molecule has 0 aromatic heterocycles. The minimum Gasteiger partial charge on any atom is -0.493 e. The highest BCUT2D eigenvalue weighted by Crippen LogP contribution is 2.36. The maximum absolute atomic E-state index is 12.4. The van der Waals surface area contributed by atoms with Crippen LogP contribution in [0.25, 0.3) is 0 Å². The smallest absolute Gasteiger partial charge is 0.163 e. The second-order valence-corrected chi connectivity index (χ2v) is 5.64. The second kappa shape index (κ2) is 5.78. The number of ether oxygens (including phenoxy) is 1. The zero-order valence-corrected chi connectivity index (χ0v) is 12.3. The maximum atomic E-state index is 12.4. The quantitative estimate of drug-likeness (QED) is 0.687. The first-order valence-electron chi connectivity index (χ1n) is 6.95. The zero-order valence-electron chi connectivity index (χ0n) is 11.5. The van der Waals surface area contributed by atoms with E-state index in [1.54, 1.807) is 18.2 Å². The Morgan fingerprint density at radius 1 is 1.29 bits per heavy atom. The lowest BCUT2D eigenvalue weighted by molar-refractivity contribution is 0.0966. The van der Waals surface area contributed by atoms with E-state index in [9.17, 15) is 4.79 Å². The molecule has 4 heteroatoms. The van der Waals surface area contributed by atoms with E-state index in [1.165, 1.54) is 0 Å². The number of hydrogen-bond acceptors (Lipinski definition) is 3. The summed E-state index contributed by atoms with van der Waals surface area (Å²) < 4.78 is 5.63. The monoisotopic (exact) mass is 301 g/mol. The van der Waals surface area contributed by atoms with Crippen molar-refractivity contribution in [3.8, 4) is 5.75 Å². The molecule has 21 heavy (non-hydrogen) atoms. The van der Waals surface area contributed by atoms with Crippen molar-refractivity contribution in [3.63, 3.8) is 0 Å². The van der Waals surface area contributed by atoms with Crippen LogP contribution < -0.4 is 10.5 Å². The molecule has 3 rings (SSSR count). The maximum Gasteiger partial charge on any atom is 0.163 e. The third-order valence-electron chi connectivity index (χ3n) is 3.84. The van der Waals surface area contributed by atoms with Crippen molar-refractivity contribution >= 4 is 23.1 Å². The predicted octanol–water partition coefficient (Wildman–Crippen LogP) is 4.06. The van der Waals surface area contributed by atoms with Gasteiger partial charge in [0.2, 0.25) is 0 Å². The molecule has 2 aromatic carbocycles. The number of carbonyl (C=O) groups excluding carboxylic acids is 1. The van der Waals surface area contributed by atoms with Crippen molar-refractivity contribution in [2.24, 2.45) is 0 Å². The zero-order chi connectivity index (χ0) is 14.8. The van der Waals surface area contributed by atoms with Gasteiger partial charge >= 0.3 is 0 Å². The molecule has 0 amide bonds. The number of carbonyl (C=O) groups is 1. The van der Waals surface area contributed by atoms with Crippen molar-refractivity contribution in [1.82, 2.24) is 0 Å². The average Bonchev–Trinajstić information content (AvgIpc) is 2.50. The Kier molecular flexibility index (Phi) is 3.84. The molecule has 2 N–H and O–H groups in total. The van der Waals surface area contributed by atoms with Crippen LogP contribution >= 0.6 is 11.6 Å². The van der Waals surface area contributed by atoms with E-state index in [2.05, 4.69) is 0 Å². The van der Waals surface area contributed by atoms with Gasteiger partial charge in [-0.3, -0.25) is 4.79 Å². The lowest BCUT2D eigenvalue weighted by Gasteiger charge is -2.25. The molecule has 0 radical (unpaired) electrons. The molecule has 108 valence electrons. The standard InChI is InChI=1S/C17H16ClNO2/c18-14-9-12(5-6-15(14)19)16(20)10-11-7-8-21-17-4-2-1-3-13(11)17/h1-6,9,11H,7-8,10,19H2. The fourth-order valence-corrected chi connectivity index (χ4v) is 2.85. The van der Waals surface area contributed by atoms with Gasteiger partial charge in [-0.15, -0.1) is 0 Å². The summed E-state index contributed by atoms with van der Waals surface area (Å²) in [6, 6.07) is 13.0. The van der Waals surface area contributed by atoms with E-state index in [4.69, 9.17) is 22.1 Å². The summed E-state index contributed by atoms with van der Waals surface area (Å²) in [6.45, 7) is 0.650. The molecule has 1 atom stereocenters. The van der Waals surface area contributed by atoms with Crippen molar-refractivity contribution < 1.29 is 9.53 Å². The van der Waals surface area contributed by atoms with E-state index in [-0.39, 0.29) is 11.7 Å². The SMILES string of the molecule is Nc1ccc(C(=O)CC2CCOc3ccccc32)cc1Cl. The fraction of sp³-hybridized carbons (Fsp3) is 0.235. The van der Waals surface area contributed by atoms with Crippen molar-refractivity contribution in [2.75, 3.05) is 12.3 Å². The van der Waals surface area contributed by atoms with Gasteiger partial charge < -0.3 is 10.5 Å². The molecule has 3 nitrogen and oxygen atoms in total. The summed E-state index contributed by atoms with van der Waals surface area (Å²) in [5.74, 6) is 1.16. The van der Waals surface area contributed by atoms with Crippen LogP contribution in [0.4, 0.5) is 5.69 Å². The largest absolute Gasteiger partial charge is 0.493 e. The van der Waals surface area contributed by atoms with E-state index >= 15 is 0 Å². The summed E-state index contributed by atoms with van der Waals surface area (Å²) in [7, 11) is 0. The van der Waals surface area contributed by atoms with Gasteiger partial charge in [0.05, 0.1) is 17.3 Å². The van der Waals surface area contributed by atoms with Crippen LogP contribution in [0.3, 0.4) is 0 Å². The van der Waals surface area contributed by atoms with E-state index in [0.29, 0.717) is 29.3 Å². The molecule has 0 fully saturated rings. The minimum atomic E-state index is 0.0820. The molecule has 2 aromatic rings. The normalized spacial score (nSPS) is 16.9. The lowest BCUT2D eigenvalue weighted by atomic mass is 9.87. The van der Waals surface area contributed by atoms with Crippen LogP contribution in [0.5, 0.6) is 5.75 Å². The molecule has 0 bridgehead atoms. The summed E-state index contributed by atoms with van der Waals surface area (Å²) >= 11 is 5.98. The second-order valence-electron chi connectivity index (χ2n) is 5.24. The van der Waals surface area contributed by atoms with Crippen LogP contribution in [0.15, 0.2) is 42.5 Å². The topological polar surface area (TPSA) is 52.3 Å². The highest BCUT2D eigenvalue weighted by molar-refractivity contribution is 6.33. The number of fused-ring (bicyclic) bond motifs is 1. The van der Waals surface area contributed by atoms with Gasteiger partial charge in [0, 0.05) is 12.0 Å². The van der Waals surface area contributed by atoms with Crippen LogP contribution in [-0.2, 0) is 0 Å². The molecular weight excluding hydrogens is 286 g/mol. The van der Waals surface area contributed by atoms with Crippen molar-refractivity contribution in [2.45, 2.75) is 18.8 Å². The average molecular weight is 302 g/mol. The number of rotatable bonds is 3. The third-order valence-corrected chi connectivity index (χ3v) is 4.16. The van der Waals surface area contributed by atoms with E-state index in [0.717, 1.165) is 17.7 Å². The highest BCUT2D eigenvalue weighted by atomic mass is 35.5. The predicted molar refractivity (Wildman–Crippen MR) is 84.1 cm³/mol. The van der Waals surface area contributed by atoms with E-state index in [1.807, 2.05) is 24.3 Å². The van der Waals surface area contributed by atoms with Gasteiger partial charge in [-0.25, -0.2) is 0 Å². The minimum absolute atomic E-state index is 0.0820. The van der Waals surface area contributed by atoms with Gasteiger partial charge in [0.25, 0.3) is 0 Å². The van der Waals surface area contributed by atoms with Gasteiger partial charge in [0.15, 0.2) is 5.78 Å². The van der Waals surface area contributed by atoms with Gasteiger partial charge in [-0.05, 0) is 42.2 Å². The lowest BCUT2D eigenvalue weighted by Crippen LogP contribution is -2.17. The fourth-order valence-electron chi connectivity index (χ4n) is 2.67. The number of para-hydroxylation sites is 1. The van der Waals surface area contributed by atoms with E-state index < -0.39 is 0 Å². The number of nitrogen functional groups attached to an aromatic ring is 1. The number of Topliss-reactive ketones (excluding diaryl/α,β-unsaturated/α-hetero) is 1. The van der Waals surface area contributed by atoms with Crippen LogP contribution in [0.1, 0.15) is 34.7 Å². The summed E-state index contributed by atoms with van der Waals surface area (Å²) in [5.41, 5.74) is 7.89. The van der Waals surface area contributed by atoms with Crippen molar-refractivity contribution in [1.29, 1.82) is 0 Å². The molecular formula is C17H16ClNO2. The molecule has 0 saturated heterocycles. The molecule has 1 aliphatic heterocycles. The number of ketones is 1. The number of benzene rings is 2.